The van der Waals surface area contributed by atoms with Gasteiger partial charge in [0, 0.05) is 11.3 Å². The van der Waals surface area contributed by atoms with Crippen molar-refractivity contribution in [1.29, 1.82) is 0 Å². The first-order chi connectivity index (χ1) is 13.2. The van der Waals surface area contributed by atoms with Crippen LogP contribution < -0.4 is 5.32 Å². The summed E-state index contributed by atoms with van der Waals surface area (Å²) in [6.07, 6.45) is 0. The minimum atomic E-state index is -1.00. The maximum atomic E-state index is 12.5. The van der Waals surface area contributed by atoms with Crippen molar-refractivity contribution in [1.82, 2.24) is 20.1 Å². The molecule has 1 unspecified atom stereocenters. The number of hydrogen-bond acceptors (Lipinski definition) is 5. The fraction of sp³-hybridized carbons (Fsp3) is 0.300. The average molecular weight is 398 g/mol. The number of aromatic carboxylic acids is 1. The first-order valence-electron chi connectivity index (χ1n) is 8.86. The Kier molecular flexibility index (Phi) is 5.60. The lowest BCUT2D eigenvalue weighted by molar-refractivity contribution is 0.0701. The highest BCUT2D eigenvalue weighted by atomic mass is 32.1. The third kappa shape index (κ3) is 4.28. The monoisotopic (exact) mass is 398 g/mol. The number of thiazole rings is 1. The Morgan fingerprint density at radius 1 is 1.21 bits per heavy atom. The quantitative estimate of drug-likeness (QED) is 0.662. The Balaban J connectivity index is 1.66. The fourth-order valence-electron chi connectivity index (χ4n) is 2.91. The standard InChI is InChI=1S/C20H22N4O3S/c1-11-9-12(2)24(23-11)10-15-5-7-16(8-6-15)18(25)21-14(4)19-22-13(3)17(28-19)20(26)27/h5-9,14H,10H2,1-4H3,(H,21,25)(H,26,27). The van der Waals surface area contributed by atoms with Crippen LogP contribution in [0, 0.1) is 20.8 Å². The van der Waals surface area contributed by atoms with E-state index < -0.39 is 5.97 Å². The van der Waals surface area contributed by atoms with E-state index >= 15 is 0 Å². The summed E-state index contributed by atoms with van der Waals surface area (Å²) in [5.74, 6) is -1.23. The molecule has 7 nitrogen and oxygen atoms in total. The van der Waals surface area contributed by atoms with Gasteiger partial charge >= 0.3 is 5.97 Å². The predicted molar refractivity (Wildman–Crippen MR) is 107 cm³/mol. The van der Waals surface area contributed by atoms with Gasteiger partial charge in [-0.15, -0.1) is 11.3 Å². The number of aromatic nitrogens is 3. The number of nitrogens with one attached hydrogen (secondary N) is 1. The van der Waals surface area contributed by atoms with E-state index in [1.807, 2.05) is 36.7 Å². The molecule has 2 heterocycles. The minimum absolute atomic E-state index is 0.199. The largest absolute Gasteiger partial charge is 0.477 e. The Hall–Kier alpha value is -3.00. The van der Waals surface area contributed by atoms with Crippen LogP contribution in [0.1, 0.15) is 60.6 Å². The molecule has 1 atom stereocenters. The first kappa shape index (κ1) is 19.8. The Bertz CT molecular complexity index is 1020. The van der Waals surface area contributed by atoms with Crippen molar-refractivity contribution in [3.8, 4) is 0 Å². The van der Waals surface area contributed by atoms with Crippen molar-refractivity contribution in [3.05, 3.63) is 68.4 Å². The lowest BCUT2D eigenvalue weighted by Gasteiger charge is -2.12. The van der Waals surface area contributed by atoms with Gasteiger partial charge < -0.3 is 10.4 Å². The number of hydrogen-bond donors (Lipinski definition) is 2. The molecule has 0 aliphatic carbocycles. The molecule has 0 saturated heterocycles. The van der Waals surface area contributed by atoms with E-state index in [4.69, 9.17) is 5.11 Å². The molecule has 3 rings (SSSR count). The van der Waals surface area contributed by atoms with Crippen LogP contribution in [0.3, 0.4) is 0 Å². The van der Waals surface area contributed by atoms with Crippen LogP contribution in [-0.2, 0) is 6.54 Å². The minimum Gasteiger partial charge on any atom is -0.477 e. The molecule has 8 heteroatoms. The van der Waals surface area contributed by atoms with Gasteiger partial charge in [0.2, 0.25) is 0 Å². The summed E-state index contributed by atoms with van der Waals surface area (Å²) in [5, 5.41) is 17.0. The summed E-state index contributed by atoms with van der Waals surface area (Å²) in [6, 6.07) is 9.02. The Morgan fingerprint density at radius 3 is 2.43 bits per heavy atom. The molecule has 3 aromatic rings. The van der Waals surface area contributed by atoms with E-state index in [1.54, 1.807) is 26.0 Å². The zero-order chi connectivity index (χ0) is 20.4. The van der Waals surface area contributed by atoms with Crippen LogP contribution >= 0.6 is 11.3 Å². The number of benzene rings is 1. The fourth-order valence-corrected chi connectivity index (χ4v) is 3.82. The summed E-state index contributed by atoms with van der Waals surface area (Å²) in [4.78, 5) is 28.1. The number of carboxylic acid groups (broad SMARTS) is 1. The maximum absolute atomic E-state index is 12.5. The normalized spacial score (nSPS) is 12.0. The topological polar surface area (TPSA) is 97.1 Å². The van der Waals surface area contributed by atoms with E-state index in [-0.39, 0.29) is 16.8 Å². The number of nitrogens with zero attached hydrogens (tertiary/aromatic N) is 3. The van der Waals surface area contributed by atoms with Crippen LogP contribution in [0.5, 0.6) is 0 Å². The third-order valence-electron chi connectivity index (χ3n) is 4.38. The molecule has 2 aromatic heterocycles. The zero-order valence-corrected chi connectivity index (χ0v) is 17.0. The van der Waals surface area contributed by atoms with Gasteiger partial charge in [-0.1, -0.05) is 12.1 Å². The number of carbonyl (C=O) groups is 2. The highest BCUT2D eigenvalue weighted by Crippen LogP contribution is 2.23. The SMILES string of the molecule is Cc1cc(C)n(Cc2ccc(C(=O)NC(C)c3nc(C)c(C(=O)O)s3)cc2)n1. The van der Waals surface area contributed by atoms with Crippen molar-refractivity contribution < 1.29 is 14.7 Å². The lowest BCUT2D eigenvalue weighted by Crippen LogP contribution is -2.26. The average Bonchev–Trinajstić information content (AvgIpc) is 3.17. The molecule has 0 saturated carbocycles. The summed E-state index contributed by atoms with van der Waals surface area (Å²) in [7, 11) is 0. The zero-order valence-electron chi connectivity index (χ0n) is 16.2. The van der Waals surface area contributed by atoms with E-state index in [1.165, 1.54) is 0 Å². The number of aryl methyl sites for hydroxylation is 3. The second-order valence-electron chi connectivity index (χ2n) is 6.75. The third-order valence-corrected chi connectivity index (χ3v) is 5.71. The van der Waals surface area contributed by atoms with Crippen LogP contribution in [0.15, 0.2) is 30.3 Å². The van der Waals surface area contributed by atoms with Crippen molar-refractivity contribution in [2.75, 3.05) is 0 Å². The van der Waals surface area contributed by atoms with Crippen molar-refractivity contribution >= 4 is 23.2 Å². The van der Waals surface area contributed by atoms with Crippen LogP contribution in [-0.4, -0.2) is 31.7 Å². The highest BCUT2D eigenvalue weighted by molar-refractivity contribution is 7.13. The van der Waals surface area contributed by atoms with Gasteiger partial charge in [-0.05, 0) is 51.5 Å². The molecule has 146 valence electrons. The first-order valence-corrected chi connectivity index (χ1v) is 9.67. The lowest BCUT2D eigenvalue weighted by atomic mass is 10.1. The number of carbonyl (C=O) groups excluding carboxylic acids is 1. The van der Waals surface area contributed by atoms with Gasteiger partial charge in [0.25, 0.3) is 5.91 Å². The van der Waals surface area contributed by atoms with Gasteiger partial charge in [-0.25, -0.2) is 9.78 Å². The predicted octanol–water partition coefficient (Wildman–Crippen LogP) is 3.50. The second kappa shape index (κ2) is 7.93. The van der Waals surface area contributed by atoms with Crippen molar-refractivity contribution in [2.45, 2.75) is 40.3 Å². The summed E-state index contributed by atoms with van der Waals surface area (Å²) in [6.45, 7) is 8.06. The molecule has 0 bridgehead atoms. The molecule has 1 aromatic carbocycles. The molecule has 0 aliphatic heterocycles. The molecule has 0 aliphatic rings. The van der Waals surface area contributed by atoms with Crippen molar-refractivity contribution in [2.24, 2.45) is 0 Å². The highest BCUT2D eigenvalue weighted by Gasteiger charge is 2.19. The van der Waals surface area contributed by atoms with Crippen molar-refractivity contribution in [3.63, 3.8) is 0 Å². The number of rotatable bonds is 6. The van der Waals surface area contributed by atoms with Crippen LogP contribution in [0.2, 0.25) is 0 Å². The number of carboxylic acids is 1. The molecule has 0 radical (unpaired) electrons. The van der Waals surface area contributed by atoms with Gasteiger partial charge in [0.05, 0.1) is 24.0 Å². The maximum Gasteiger partial charge on any atom is 0.347 e. The molecular formula is C20H22N4O3S. The molecule has 0 fully saturated rings. The van der Waals surface area contributed by atoms with E-state index in [2.05, 4.69) is 15.4 Å². The van der Waals surface area contributed by atoms with E-state index in [9.17, 15) is 9.59 Å². The van der Waals surface area contributed by atoms with E-state index in [0.29, 0.717) is 22.8 Å². The van der Waals surface area contributed by atoms with Gasteiger partial charge in [-0.3, -0.25) is 9.48 Å². The summed E-state index contributed by atoms with van der Waals surface area (Å²) < 4.78 is 1.93. The molecular weight excluding hydrogens is 376 g/mol. The molecule has 28 heavy (non-hydrogen) atoms. The molecule has 0 spiro atoms. The summed E-state index contributed by atoms with van der Waals surface area (Å²) >= 11 is 1.08. The Labute approximate surface area is 167 Å². The van der Waals surface area contributed by atoms with E-state index in [0.717, 1.165) is 28.3 Å². The van der Waals surface area contributed by atoms with Crippen LogP contribution in [0.25, 0.3) is 0 Å². The smallest absolute Gasteiger partial charge is 0.347 e. The summed E-state index contributed by atoms with van der Waals surface area (Å²) in [5.41, 5.74) is 4.12. The van der Waals surface area contributed by atoms with Gasteiger partial charge in [0.15, 0.2) is 0 Å². The Morgan fingerprint density at radius 2 is 1.89 bits per heavy atom. The van der Waals surface area contributed by atoms with Gasteiger partial charge in [0.1, 0.15) is 9.88 Å². The molecule has 2 N–H and O–H groups in total. The number of amides is 1. The van der Waals surface area contributed by atoms with Gasteiger partial charge in [-0.2, -0.15) is 5.10 Å². The molecule has 1 amide bonds. The second-order valence-corrected chi connectivity index (χ2v) is 7.78. The van der Waals surface area contributed by atoms with Crippen LogP contribution in [0.4, 0.5) is 0 Å².